The second-order valence-electron chi connectivity index (χ2n) is 7.25. The lowest BCUT2D eigenvalue weighted by Gasteiger charge is -2.20. The average molecular weight is 370 g/mol. The van der Waals surface area contributed by atoms with E-state index in [1.807, 2.05) is 12.1 Å². The van der Waals surface area contributed by atoms with Crippen LogP contribution < -0.4 is 0 Å². The fourth-order valence-corrected chi connectivity index (χ4v) is 4.03. The van der Waals surface area contributed by atoms with Gasteiger partial charge in [0.2, 0.25) is 0 Å². The predicted octanol–water partition coefficient (Wildman–Crippen LogP) is 3.34. The minimum absolute atomic E-state index is 0.147. The highest BCUT2D eigenvalue weighted by Crippen LogP contribution is 2.55. The number of rotatable bonds is 3. The summed E-state index contributed by atoms with van der Waals surface area (Å²) in [7, 11) is 0. The van der Waals surface area contributed by atoms with E-state index in [1.165, 1.54) is 12.5 Å². The molecule has 6 nitrogen and oxygen atoms in total. The third-order valence-corrected chi connectivity index (χ3v) is 5.50. The molecule has 0 radical (unpaired) electrons. The predicted molar refractivity (Wildman–Crippen MR) is 95.4 cm³/mol. The van der Waals surface area contributed by atoms with Crippen LogP contribution in [-0.4, -0.2) is 24.8 Å². The van der Waals surface area contributed by atoms with Gasteiger partial charge in [0.25, 0.3) is 6.29 Å². The largest absolute Gasteiger partial charge is 0.459 e. The lowest BCUT2D eigenvalue weighted by atomic mass is 9.95. The van der Waals surface area contributed by atoms with Gasteiger partial charge in [0, 0.05) is 24.1 Å². The molecule has 0 aromatic heterocycles. The van der Waals surface area contributed by atoms with Gasteiger partial charge in [0.1, 0.15) is 6.10 Å². The van der Waals surface area contributed by atoms with Crippen LogP contribution in [0.3, 0.4) is 0 Å². The van der Waals surface area contributed by atoms with Crippen LogP contribution in [0.4, 0.5) is 0 Å². The Balaban J connectivity index is 1.65. The van der Waals surface area contributed by atoms with Crippen molar-refractivity contribution in [3.63, 3.8) is 0 Å². The number of cyclic esters (lactones) is 1. The van der Waals surface area contributed by atoms with Crippen LogP contribution in [0.25, 0.3) is 0 Å². The molecular weight excluding hydrogens is 348 g/mol. The first-order valence-electron chi connectivity index (χ1n) is 8.99. The summed E-state index contributed by atoms with van der Waals surface area (Å²) < 4.78 is 22.5. The summed E-state index contributed by atoms with van der Waals surface area (Å²) >= 11 is 0. The Kier molecular flexibility index (Phi) is 4.30. The zero-order chi connectivity index (χ0) is 19.3. The van der Waals surface area contributed by atoms with E-state index in [1.54, 1.807) is 19.3 Å². The molecule has 4 rings (SSSR count). The quantitative estimate of drug-likeness (QED) is 0.600. The highest BCUT2D eigenvalue weighted by molar-refractivity contribution is 5.89. The summed E-state index contributed by atoms with van der Waals surface area (Å²) in [4.78, 5) is 23.2. The second-order valence-corrected chi connectivity index (χ2v) is 7.25. The monoisotopic (exact) mass is 370 g/mol. The molecule has 2 aliphatic heterocycles. The van der Waals surface area contributed by atoms with Gasteiger partial charge in [-0.05, 0) is 43.0 Å². The molecular formula is C21H22O6. The fraction of sp³-hybridized carbons (Fsp3) is 0.429. The number of carbonyl (C=O) groups excluding carboxylic acids is 2. The first-order valence-corrected chi connectivity index (χ1v) is 8.99. The van der Waals surface area contributed by atoms with Crippen molar-refractivity contribution in [3.05, 3.63) is 57.9 Å². The maximum absolute atomic E-state index is 11.7. The number of benzene rings is 1. The van der Waals surface area contributed by atoms with Crippen LogP contribution >= 0.6 is 0 Å². The summed E-state index contributed by atoms with van der Waals surface area (Å²) in [5.74, 6) is -0.858. The Morgan fingerprint density at radius 2 is 2.04 bits per heavy atom. The van der Waals surface area contributed by atoms with E-state index in [-0.39, 0.29) is 24.0 Å². The summed E-state index contributed by atoms with van der Waals surface area (Å²) in [5, 5.41) is 0. The molecule has 27 heavy (non-hydrogen) atoms. The minimum atomic E-state index is -0.732. The number of fused-ring (bicyclic) bond motifs is 3. The second kappa shape index (κ2) is 6.53. The highest BCUT2D eigenvalue weighted by Gasteiger charge is 2.50. The van der Waals surface area contributed by atoms with E-state index in [9.17, 15) is 9.59 Å². The number of aryl methyl sites for hydroxylation is 1. The SMILES string of the molecule is CC(=O)O[C@H]1c2ccc(C)c(C)c2[C@@H]2OC/C(=C\O[C@H]3C=C(C)C(=O)O3)[C@H]12. The molecule has 0 spiro atoms. The lowest BCUT2D eigenvalue weighted by molar-refractivity contribution is -0.153. The van der Waals surface area contributed by atoms with Gasteiger partial charge in [-0.1, -0.05) is 12.1 Å². The number of hydrogen-bond donors (Lipinski definition) is 0. The summed E-state index contributed by atoms with van der Waals surface area (Å²) in [6.45, 7) is 7.60. The molecule has 0 amide bonds. The molecule has 1 fully saturated rings. The molecule has 3 aliphatic rings. The van der Waals surface area contributed by atoms with E-state index in [0.717, 1.165) is 22.3 Å². The van der Waals surface area contributed by atoms with Crippen LogP contribution in [0, 0.1) is 19.8 Å². The highest BCUT2D eigenvalue weighted by atomic mass is 16.7. The topological polar surface area (TPSA) is 71.1 Å². The molecule has 0 bridgehead atoms. The van der Waals surface area contributed by atoms with Crippen molar-refractivity contribution >= 4 is 11.9 Å². The number of carbonyl (C=O) groups is 2. The van der Waals surface area contributed by atoms with Gasteiger partial charge < -0.3 is 18.9 Å². The van der Waals surface area contributed by atoms with Gasteiger partial charge in [-0.3, -0.25) is 4.79 Å². The van der Waals surface area contributed by atoms with Crippen LogP contribution in [-0.2, 0) is 28.5 Å². The van der Waals surface area contributed by atoms with Gasteiger partial charge in [-0.2, -0.15) is 0 Å². The molecule has 1 aromatic carbocycles. The van der Waals surface area contributed by atoms with E-state index >= 15 is 0 Å². The van der Waals surface area contributed by atoms with Crippen molar-refractivity contribution in [1.82, 2.24) is 0 Å². The van der Waals surface area contributed by atoms with Crippen molar-refractivity contribution in [2.24, 2.45) is 5.92 Å². The summed E-state index contributed by atoms with van der Waals surface area (Å²) in [5.41, 5.74) is 5.81. The first-order chi connectivity index (χ1) is 12.9. The molecule has 2 heterocycles. The lowest BCUT2D eigenvalue weighted by Crippen LogP contribution is -2.17. The van der Waals surface area contributed by atoms with Crippen LogP contribution in [0.2, 0.25) is 0 Å². The Hall–Kier alpha value is -2.60. The van der Waals surface area contributed by atoms with Crippen LogP contribution in [0.1, 0.15) is 48.3 Å². The molecule has 1 aromatic rings. The molecule has 0 unspecified atom stereocenters. The molecule has 142 valence electrons. The van der Waals surface area contributed by atoms with Crippen molar-refractivity contribution in [2.45, 2.75) is 46.2 Å². The summed E-state index contributed by atoms with van der Waals surface area (Å²) in [6.07, 6.45) is 1.89. The maximum Gasteiger partial charge on any atom is 0.336 e. The van der Waals surface area contributed by atoms with Gasteiger partial charge in [-0.15, -0.1) is 0 Å². The molecule has 6 heteroatoms. The van der Waals surface area contributed by atoms with Crippen molar-refractivity contribution in [2.75, 3.05) is 6.61 Å². The molecule has 1 aliphatic carbocycles. The van der Waals surface area contributed by atoms with E-state index in [4.69, 9.17) is 18.9 Å². The number of esters is 2. The minimum Gasteiger partial charge on any atom is -0.459 e. The van der Waals surface area contributed by atoms with Gasteiger partial charge in [0.15, 0.2) is 0 Å². The van der Waals surface area contributed by atoms with E-state index in [2.05, 4.69) is 13.8 Å². The number of ether oxygens (including phenoxy) is 4. The zero-order valence-electron chi connectivity index (χ0n) is 15.8. The molecule has 4 atom stereocenters. The van der Waals surface area contributed by atoms with Crippen molar-refractivity contribution in [1.29, 1.82) is 0 Å². The Morgan fingerprint density at radius 3 is 2.70 bits per heavy atom. The molecule has 0 N–H and O–H groups in total. The number of hydrogen-bond acceptors (Lipinski definition) is 6. The van der Waals surface area contributed by atoms with Crippen LogP contribution in [0.5, 0.6) is 0 Å². The van der Waals surface area contributed by atoms with Gasteiger partial charge in [-0.25, -0.2) is 4.79 Å². The smallest absolute Gasteiger partial charge is 0.336 e. The van der Waals surface area contributed by atoms with E-state index in [0.29, 0.717) is 12.2 Å². The summed E-state index contributed by atoms with van der Waals surface area (Å²) in [6, 6.07) is 4.05. The van der Waals surface area contributed by atoms with Crippen molar-refractivity contribution in [3.8, 4) is 0 Å². The first kappa shape index (κ1) is 17.8. The maximum atomic E-state index is 11.7. The van der Waals surface area contributed by atoms with Gasteiger partial charge in [0.05, 0.1) is 24.9 Å². The Labute approximate surface area is 157 Å². The molecule has 1 saturated heterocycles. The van der Waals surface area contributed by atoms with Gasteiger partial charge >= 0.3 is 11.9 Å². The fourth-order valence-electron chi connectivity index (χ4n) is 4.03. The third kappa shape index (κ3) is 2.94. The van der Waals surface area contributed by atoms with Crippen molar-refractivity contribution < 1.29 is 28.5 Å². The Bertz CT molecular complexity index is 881. The average Bonchev–Trinajstić information content (AvgIpc) is 3.24. The Morgan fingerprint density at radius 1 is 1.26 bits per heavy atom. The van der Waals surface area contributed by atoms with Crippen LogP contribution in [0.15, 0.2) is 35.6 Å². The standard InChI is InChI=1S/C21H22O6/c1-10-5-6-15-17(12(10)3)20-18(19(15)26-13(4)22)14(9-25-20)8-24-16-7-11(2)21(23)27-16/h5-8,16,18-20H,9H2,1-4H3/b14-8+/t16-,18-,19+,20+/m1/s1. The normalized spacial score (nSPS) is 30.0. The van der Waals surface area contributed by atoms with E-state index < -0.39 is 12.4 Å². The third-order valence-electron chi connectivity index (χ3n) is 5.50. The zero-order valence-corrected chi connectivity index (χ0v) is 15.8. The molecule has 0 saturated carbocycles.